The van der Waals surface area contributed by atoms with Crippen LogP contribution >= 0.6 is 11.6 Å². The molecule has 0 aliphatic heterocycles. The Labute approximate surface area is 164 Å². The lowest BCUT2D eigenvalue weighted by Crippen LogP contribution is -2.24. The summed E-state index contributed by atoms with van der Waals surface area (Å²) in [5, 5.41) is 0.809. The average molecular weight is 365 g/mol. The summed E-state index contributed by atoms with van der Waals surface area (Å²) in [5.41, 5.74) is 10.9. The van der Waals surface area contributed by atoms with Gasteiger partial charge in [-0.2, -0.15) is 0 Å². The van der Waals surface area contributed by atoms with Gasteiger partial charge < -0.3 is 0 Å². The zero-order chi connectivity index (χ0) is 18.0. The second-order valence-corrected chi connectivity index (χ2v) is 7.89. The highest BCUT2D eigenvalue weighted by atomic mass is 35.5. The molecule has 2 aliphatic rings. The van der Waals surface area contributed by atoms with Crippen LogP contribution in [0.4, 0.5) is 0 Å². The summed E-state index contributed by atoms with van der Waals surface area (Å²) in [6.07, 6.45) is 0. The number of fused-ring (bicyclic) bond motifs is 11. The first-order valence-corrected chi connectivity index (χ1v) is 9.78. The van der Waals surface area contributed by atoms with Gasteiger partial charge in [-0.25, -0.2) is 0 Å². The lowest BCUT2D eigenvalue weighted by Gasteiger charge is -2.41. The van der Waals surface area contributed by atoms with Gasteiger partial charge in [0.15, 0.2) is 0 Å². The van der Waals surface area contributed by atoms with E-state index in [0.29, 0.717) is 11.8 Å². The van der Waals surface area contributed by atoms with E-state index in [9.17, 15) is 0 Å². The minimum atomic E-state index is 0.291. The van der Waals surface area contributed by atoms with E-state index in [4.69, 9.17) is 11.6 Å². The fourth-order valence-electron chi connectivity index (χ4n) is 5.13. The molecule has 0 radical (unpaired) electrons. The van der Waals surface area contributed by atoms with Gasteiger partial charge >= 0.3 is 0 Å². The van der Waals surface area contributed by atoms with Crippen LogP contribution in [0, 0.1) is 0 Å². The maximum absolute atomic E-state index is 6.46. The minimum absolute atomic E-state index is 0.291. The largest absolute Gasteiger partial charge is 0.0843 e. The normalized spacial score (nSPS) is 18.6. The highest BCUT2D eigenvalue weighted by Gasteiger charge is 2.40. The molecule has 6 rings (SSSR count). The van der Waals surface area contributed by atoms with E-state index >= 15 is 0 Å². The summed E-state index contributed by atoms with van der Waals surface area (Å²) in [4.78, 5) is 0. The molecule has 0 heterocycles. The summed E-state index contributed by atoms with van der Waals surface area (Å²) in [6.45, 7) is 0. The Morgan fingerprint density at radius 1 is 0.444 bits per heavy atom. The first-order chi connectivity index (χ1) is 13.3. The van der Waals surface area contributed by atoms with Crippen molar-refractivity contribution in [3.63, 3.8) is 0 Å². The van der Waals surface area contributed by atoms with E-state index in [0.717, 1.165) is 5.02 Å². The van der Waals surface area contributed by atoms with Crippen molar-refractivity contribution in [3.05, 3.63) is 118 Å². The van der Waals surface area contributed by atoms with E-state index in [2.05, 4.69) is 84.9 Å². The molecule has 0 fully saturated rings. The molecule has 4 aromatic carbocycles. The van der Waals surface area contributed by atoms with Crippen LogP contribution in [-0.4, -0.2) is 0 Å². The van der Waals surface area contributed by atoms with Crippen molar-refractivity contribution in [1.29, 1.82) is 0 Å². The van der Waals surface area contributed by atoms with Gasteiger partial charge in [-0.3, -0.25) is 0 Å². The molecular formula is C26H17Cl. The van der Waals surface area contributed by atoms with E-state index < -0.39 is 0 Å². The summed E-state index contributed by atoms with van der Waals surface area (Å²) < 4.78 is 0. The lowest BCUT2D eigenvalue weighted by molar-refractivity contribution is 0.677. The van der Waals surface area contributed by atoms with Crippen molar-refractivity contribution in [2.75, 3.05) is 0 Å². The van der Waals surface area contributed by atoms with E-state index in [-0.39, 0.29) is 0 Å². The maximum atomic E-state index is 6.46. The van der Waals surface area contributed by atoms with Crippen LogP contribution in [0.3, 0.4) is 0 Å². The summed E-state index contributed by atoms with van der Waals surface area (Å²) in [5.74, 6) is 0.609. The van der Waals surface area contributed by atoms with Crippen LogP contribution in [-0.2, 0) is 0 Å². The van der Waals surface area contributed by atoms with E-state index in [1.165, 1.54) is 44.5 Å². The van der Waals surface area contributed by atoms with E-state index in [1.54, 1.807) is 0 Å². The van der Waals surface area contributed by atoms with Crippen molar-refractivity contribution < 1.29 is 0 Å². The SMILES string of the molecule is Clc1ccc2c(c1)C1c3ccccc3-c3ccccc3C1c1ccccc1-2. The molecule has 4 aromatic rings. The predicted molar refractivity (Wildman–Crippen MR) is 112 cm³/mol. The van der Waals surface area contributed by atoms with Crippen LogP contribution in [0.5, 0.6) is 0 Å². The molecule has 0 amide bonds. The molecule has 0 saturated carbocycles. The predicted octanol–water partition coefficient (Wildman–Crippen LogP) is 7.26. The average Bonchev–Trinajstić information content (AvgIpc) is 2.73. The molecular weight excluding hydrogens is 348 g/mol. The molecule has 0 nitrogen and oxygen atoms in total. The first-order valence-electron chi connectivity index (χ1n) is 9.40. The van der Waals surface area contributed by atoms with Gasteiger partial charge in [0.25, 0.3) is 0 Å². The zero-order valence-corrected chi connectivity index (χ0v) is 15.4. The molecule has 0 bridgehead atoms. The van der Waals surface area contributed by atoms with Crippen molar-refractivity contribution in [1.82, 2.24) is 0 Å². The molecule has 0 N–H and O–H groups in total. The van der Waals surface area contributed by atoms with Crippen molar-refractivity contribution >= 4 is 11.6 Å². The van der Waals surface area contributed by atoms with Crippen molar-refractivity contribution in [2.24, 2.45) is 0 Å². The first kappa shape index (κ1) is 15.2. The minimum Gasteiger partial charge on any atom is -0.0843 e. The van der Waals surface area contributed by atoms with Gasteiger partial charge in [-0.1, -0.05) is 90.5 Å². The van der Waals surface area contributed by atoms with Gasteiger partial charge in [0.05, 0.1) is 0 Å². The molecule has 0 spiro atoms. The van der Waals surface area contributed by atoms with Crippen LogP contribution in [0.25, 0.3) is 22.3 Å². The highest BCUT2D eigenvalue weighted by molar-refractivity contribution is 6.30. The number of rotatable bonds is 0. The summed E-state index contributed by atoms with van der Waals surface area (Å²) in [7, 11) is 0. The third kappa shape index (κ3) is 2.05. The van der Waals surface area contributed by atoms with Crippen molar-refractivity contribution in [3.8, 4) is 22.3 Å². The quantitative estimate of drug-likeness (QED) is 0.308. The molecule has 2 aliphatic carbocycles. The van der Waals surface area contributed by atoms with Crippen LogP contribution in [0.1, 0.15) is 34.1 Å². The molecule has 128 valence electrons. The number of benzene rings is 4. The smallest absolute Gasteiger partial charge is 0.0409 e. The standard InChI is InChI=1S/C26H17Cl/c27-16-13-14-20-19-9-3-5-11-22(19)25-21-10-4-1-7-17(21)18-8-2-6-12-23(18)26(25)24(20)15-16/h1-15,25-26H. The molecule has 0 aromatic heterocycles. The molecule has 2 unspecified atom stereocenters. The Bertz CT molecular complexity index is 1200. The van der Waals surface area contributed by atoms with Gasteiger partial charge in [-0.15, -0.1) is 0 Å². The Hall–Kier alpha value is -2.83. The van der Waals surface area contributed by atoms with Gasteiger partial charge in [0, 0.05) is 16.9 Å². The van der Waals surface area contributed by atoms with Crippen LogP contribution in [0.15, 0.2) is 91.0 Å². The fourth-order valence-corrected chi connectivity index (χ4v) is 5.31. The molecule has 1 heteroatoms. The van der Waals surface area contributed by atoms with E-state index in [1.807, 2.05) is 6.07 Å². The highest BCUT2D eigenvalue weighted by Crippen LogP contribution is 2.58. The summed E-state index contributed by atoms with van der Waals surface area (Å²) >= 11 is 6.46. The monoisotopic (exact) mass is 364 g/mol. The zero-order valence-electron chi connectivity index (χ0n) is 14.7. The lowest BCUT2D eigenvalue weighted by atomic mass is 9.62. The van der Waals surface area contributed by atoms with Crippen LogP contribution < -0.4 is 0 Å². The maximum Gasteiger partial charge on any atom is 0.0409 e. The topological polar surface area (TPSA) is 0 Å². The Morgan fingerprint density at radius 2 is 0.852 bits per heavy atom. The van der Waals surface area contributed by atoms with Gasteiger partial charge in [0.2, 0.25) is 0 Å². The van der Waals surface area contributed by atoms with Gasteiger partial charge in [-0.05, 0) is 56.6 Å². The Balaban J connectivity index is 1.77. The van der Waals surface area contributed by atoms with Crippen LogP contribution in [0.2, 0.25) is 5.02 Å². The molecule has 2 atom stereocenters. The second-order valence-electron chi connectivity index (χ2n) is 7.45. The van der Waals surface area contributed by atoms with Gasteiger partial charge in [0.1, 0.15) is 0 Å². The third-order valence-electron chi connectivity index (χ3n) is 6.15. The fraction of sp³-hybridized carbons (Fsp3) is 0.0769. The number of halogens is 1. The number of hydrogen-bond acceptors (Lipinski definition) is 0. The number of hydrogen-bond donors (Lipinski definition) is 0. The Kier molecular flexibility index (Phi) is 3.15. The Morgan fingerprint density at radius 3 is 1.37 bits per heavy atom. The second kappa shape index (κ2) is 5.58. The molecule has 0 saturated heterocycles. The van der Waals surface area contributed by atoms with Crippen molar-refractivity contribution in [2.45, 2.75) is 11.8 Å². The third-order valence-corrected chi connectivity index (χ3v) is 6.38. The molecule has 27 heavy (non-hydrogen) atoms. The summed E-state index contributed by atoms with van der Waals surface area (Å²) in [6, 6.07) is 33.0.